The van der Waals surface area contributed by atoms with E-state index in [1.807, 2.05) is 0 Å². The number of ketones is 3. The highest BCUT2D eigenvalue weighted by Gasteiger charge is 2.48. The van der Waals surface area contributed by atoms with Crippen LogP contribution in [0.3, 0.4) is 0 Å². The first-order valence-electron chi connectivity index (χ1n) is 37.9. The Kier molecular flexibility index (Phi) is 54.3. The summed E-state index contributed by atoms with van der Waals surface area (Å²) in [5.41, 5.74) is 0. The molecule has 5 amide bonds. The molecular formula is C71H127N5O32. The van der Waals surface area contributed by atoms with Gasteiger partial charge in [-0.1, -0.05) is 64.7 Å². The predicted molar refractivity (Wildman–Crippen MR) is 379 cm³/mol. The SMILES string of the molecule is CCCCCCCCC(=O)[C@H](CCCCCNC(=O)COCCOCCOCCOC1OC(CO)C(O)C(O)C1NC(C)=O)NC(=O)[C@H](CCCCCC(=O)COCCOCCOCCOC1OC(CO)C(O)C(O)C1NC(C)=O)CC(=O)COCCOCCOCCOC1OC(CO)C(O)C(O)C1NC(C)=O. The summed E-state index contributed by atoms with van der Waals surface area (Å²) in [5.74, 6) is -3.61. The number of hydrogen-bond donors (Lipinski definition) is 14. The molecule has 3 fully saturated rings. The largest absolute Gasteiger partial charge is 0.394 e. The molecule has 37 heteroatoms. The third-order valence-electron chi connectivity index (χ3n) is 17.6. The second-order valence-corrected chi connectivity index (χ2v) is 26.6. The third-order valence-corrected chi connectivity index (χ3v) is 17.6. The Hall–Kier alpha value is -4.60. The van der Waals surface area contributed by atoms with E-state index in [1.165, 1.54) is 20.8 Å². The van der Waals surface area contributed by atoms with Crippen LogP contribution in [0.4, 0.5) is 0 Å². The molecule has 0 aromatic heterocycles. The van der Waals surface area contributed by atoms with Gasteiger partial charge in [0, 0.05) is 52.5 Å². The monoisotopic (exact) mass is 1560 g/mol. The van der Waals surface area contributed by atoms with Gasteiger partial charge in [-0.15, -0.1) is 0 Å². The maximum atomic E-state index is 14.3. The van der Waals surface area contributed by atoms with Gasteiger partial charge >= 0.3 is 0 Å². The summed E-state index contributed by atoms with van der Waals surface area (Å²) in [6.45, 7) is 5.96. The van der Waals surface area contributed by atoms with Crippen LogP contribution in [0.15, 0.2) is 0 Å². The number of hydrogen-bond acceptors (Lipinski definition) is 32. The molecule has 3 rings (SSSR count). The van der Waals surface area contributed by atoms with Crippen LogP contribution in [0.25, 0.3) is 0 Å². The molecule has 37 nitrogen and oxygen atoms in total. The molecule has 0 aromatic rings. The van der Waals surface area contributed by atoms with E-state index in [9.17, 15) is 84.3 Å². The second-order valence-electron chi connectivity index (χ2n) is 26.6. The van der Waals surface area contributed by atoms with Crippen molar-refractivity contribution in [2.45, 2.75) is 235 Å². The van der Waals surface area contributed by atoms with Gasteiger partial charge in [0.25, 0.3) is 0 Å². The fourth-order valence-corrected chi connectivity index (χ4v) is 11.8. The Morgan fingerprint density at radius 3 is 1.13 bits per heavy atom. The first kappa shape index (κ1) is 97.6. The molecule has 3 aliphatic rings. The Balaban J connectivity index is 1.44. The summed E-state index contributed by atoms with van der Waals surface area (Å²) >= 11 is 0. The van der Waals surface area contributed by atoms with Crippen molar-refractivity contribution in [2.75, 3.05) is 165 Å². The van der Waals surface area contributed by atoms with Crippen molar-refractivity contribution in [3.63, 3.8) is 0 Å². The molecule has 3 aliphatic heterocycles. The van der Waals surface area contributed by atoms with E-state index in [-0.39, 0.29) is 188 Å². The van der Waals surface area contributed by atoms with Gasteiger partial charge in [0.05, 0.1) is 145 Å². The van der Waals surface area contributed by atoms with E-state index >= 15 is 0 Å². The zero-order valence-electron chi connectivity index (χ0n) is 63.4. The van der Waals surface area contributed by atoms with Gasteiger partial charge in [0.15, 0.2) is 36.2 Å². The fourth-order valence-electron chi connectivity index (χ4n) is 11.8. The molecule has 15 unspecified atom stereocenters. The molecule has 3 heterocycles. The molecule has 0 spiro atoms. The second kappa shape index (κ2) is 60.1. The van der Waals surface area contributed by atoms with E-state index in [0.717, 1.165) is 32.1 Å². The van der Waals surface area contributed by atoms with Gasteiger partial charge in [-0.05, 0) is 32.1 Å². The molecule has 0 aromatic carbocycles. The lowest BCUT2D eigenvalue weighted by atomic mass is 9.93. The van der Waals surface area contributed by atoms with Crippen molar-refractivity contribution in [1.82, 2.24) is 26.6 Å². The summed E-state index contributed by atoms with van der Waals surface area (Å²) in [7, 11) is 0. The number of nitrogens with one attached hydrogen (secondary N) is 5. The van der Waals surface area contributed by atoms with Crippen LogP contribution in [0.1, 0.15) is 137 Å². The number of ether oxygens (including phenoxy) is 15. The van der Waals surface area contributed by atoms with E-state index < -0.39 is 147 Å². The standard InChI is InChI=1S/C71H127N5O32/c1-5-6-7-8-9-15-20-54(85)53(19-14-11-16-21-72-58(86)46-102-33-30-96-24-27-99-36-39-105-71-61(75-49(4)82)67(92)64(89)57(43-79)108-71)76-68(93)50(40-52(84)45-101-32-29-95-23-26-98-35-38-104-70-60(74-48(3)81)66(91)63(88)56(42-78)107-70)17-12-10-13-18-51(83)44-100-31-28-94-22-25-97-34-37-103-69-59(73-47(2)80)65(90)62(87)55(41-77)106-69/h50,53,55-57,59-67,69-71,77-79,87-92H,5-46H2,1-4H3,(H,72,86)(H,73,80)(H,74,81)(H,75,82)(H,76,93)/t50-,53+,55?,56?,57?,59?,60?,61?,62?,63?,64?,65?,66?,67?,69?,70?,71?/m1/s1. The van der Waals surface area contributed by atoms with Crippen molar-refractivity contribution in [3.05, 3.63) is 0 Å². The number of carbonyl (C=O) groups is 8. The minimum atomic E-state index is -1.46. The van der Waals surface area contributed by atoms with Gasteiger partial charge in [0.2, 0.25) is 29.5 Å². The van der Waals surface area contributed by atoms with Gasteiger partial charge in [-0.25, -0.2) is 0 Å². The quantitative estimate of drug-likeness (QED) is 0.0264. The molecule has 0 radical (unpaired) electrons. The highest BCUT2D eigenvalue weighted by molar-refractivity contribution is 5.92. The van der Waals surface area contributed by atoms with Crippen LogP contribution < -0.4 is 26.6 Å². The number of aliphatic hydroxyl groups excluding tert-OH is 9. The van der Waals surface area contributed by atoms with Crippen LogP contribution in [-0.2, 0) is 109 Å². The van der Waals surface area contributed by atoms with Crippen LogP contribution >= 0.6 is 0 Å². The molecule has 628 valence electrons. The third kappa shape index (κ3) is 41.8. The van der Waals surface area contributed by atoms with Gasteiger partial charge in [-0.3, -0.25) is 38.4 Å². The Morgan fingerprint density at radius 2 is 0.722 bits per heavy atom. The molecule has 0 aliphatic carbocycles. The van der Waals surface area contributed by atoms with E-state index in [2.05, 4.69) is 33.5 Å². The van der Waals surface area contributed by atoms with Gasteiger partial charge in [0.1, 0.15) is 92.9 Å². The first-order chi connectivity index (χ1) is 52.1. The summed E-state index contributed by atoms with van der Waals surface area (Å²) in [4.78, 5) is 102. The van der Waals surface area contributed by atoms with Crippen LogP contribution in [0.5, 0.6) is 0 Å². The van der Waals surface area contributed by atoms with Crippen molar-refractivity contribution in [1.29, 1.82) is 0 Å². The number of amides is 5. The molecular weight excluding hydrogens is 1430 g/mol. The molecule has 3 saturated heterocycles. The summed E-state index contributed by atoms with van der Waals surface area (Å²) in [5, 5.41) is 104. The number of aliphatic hydroxyl groups is 9. The maximum absolute atomic E-state index is 14.3. The number of carbonyl (C=O) groups excluding carboxylic acids is 8. The predicted octanol–water partition coefficient (Wildman–Crippen LogP) is -3.41. The summed E-state index contributed by atoms with van der Waals surface area (Å²) in [6, 6.07) is -4.05. The zero-order valence-corrected chi connectivity index (χ0v) is 63.4. The normalized spacial score (nSPS) is 24.9. The fraction of sp³-hybridized carbons (Fsp3) is 0.887. The van der Waals surface area contributed by atoms with Crippen LogP contribution in [-0.4, -0.2) is 356 Å². The molecule has 17 atom stereocenters. The lowest BCUT2D eigenvalue weighted by Gasteiger charge is -2.42. The average molecular weight is 1560 g/mol. The Morgan fingerprint density at radius 1 is 0.380 bits per heavy atom. The smallest absolute Gasteiger partial charge is 0.245 e. The Bertz CT molecular complexity index is 2450. The van der Waals surface area contributed by atoms with E-state index in [0.29, 0.717) is 57.9 Å². The van der Waals surface area contributed by atoms with E-state index in [4.69, 9.17) is 71.1 Å². The lowest BCUT2D eigenvalue weighted by Crippen LogP contribution is -2.64. The summed E-state index contributed by atoms with van der Waals surface area (Å²) < 4.78 is 83.3. The molecule has 0 bridgehead atoms. The van der Waals surface area contributed by atoms with Crippen LogP contribution in [0.2, 0.25) is 0 Å². The van der Waals surface area contributed by atoms with Crippen molar-refractivity contribution < 1.29 is 155 Å². The minimum absolute atomic E-state index is 0.000522. The number of rotatable bonds is 66. The average Bonchev–Trinajstić information content (AvgIpc) is 0.822. The van der Waals surface area contributed by atoms with Crippen molar-refractivity contribution in [2.24, 2.45) is 5.92 Å². The maximum Gasteiger partial charge on any atom is 0.245 e. The zero-order chi connectivity index (χ0) is 79.3. The van der Waals surface area contributed by atoms with Crippen LogP contribution in [0, 0.1) is 5.92 Å². The molecule has 14 N–H and O–H groups in total. The molecule has 0 saturated carbocycles. The number of Topliss-reactive ketones (excluding diaryl/α,β-unsaturated/α-hetero) is 3. The van der Waals surface area contributed by atoms with E-state index in [1.54, 1.807) is 0 Å². The Labute approximate surface area is 632 Å². The van der Waals surface area contributed by atoms with Crippen molar-refractivity contribution >= 4 is 46.9 Å². The highest BCUT2D eigenvalue weighted by Crippen LogP contribution is 2.26. The van der Waals surface area contributed by atoms with Gasteiger partial charge in [-0.2, -0.15) is 0 Å². The van der Waals surface area contributed by atoms with Crippen molar-refractivity contribution in [3.8, 4) is 0 Å². The molecule has 108 heavy (non-hydrogen) atoms. The highest BCUT2D eigenvalue weighted by atomic mass is 16.7. The van der Waals surface area contributed by atoms with Gasteiger partial charge < -0.3 is 144 Å². The number of unbranched alkanes of at least 4 members (excludes halogenated alkanes) is 9. The topological polar surface area (TPSA) is 517 Å². The first-order valence-corrected chi connectivity index (χ1v) is 37.9. The summed E-state index contributed by atoms with van der Waals surface area (Å²) in [6.07, 6.45) is -5.46. The minimum Gasteiger partial charge on any atom is -0.394 e. The lowest BCUT2D eigenvalue weighted by molar-refractivity contribution is -0.272.